The van der Waals surface area contributed by atoms with Crippen LogP contribution in [0.25, 0.3) is 0 Å². The molecule has 2 fully saturated rings. The third-order valence-electron chi connectivity index (χ3n) is 5.61. The first-order chi connectivity index (χ1) is 9.79. The summed E-state index contributed by atoms with van der Waals surface area (Å²) < 4.78 is 0. The minimum atomic E-state index is 0.724. The van der Waals surface area contributed by atoms with Crippen molar-refractivity contribution in [1.82, 2.24) is 10.2 Å². The zero-order chi connectivity index (χ0) is 14.2. The molecule has 2 nitrogen and oxygen atoms in total. The van der Waals surface area contributed by atoms with E-state index in [2.05, 4.69) is 24.1 Å². The van der Waals surface area contributed by atoms with Crippen LogP contribution in [0, 0.1) is 11.8 Å². The van der Waals surface area contributed by atoms with E-state index in [-0.39, 0.29) is 0 Å². The molecule has 1 atom stereocenters. The van der Waals surface area contributed by atoms with Gasteiger partial charge in [0, 0.05) is 6.04 Å². The van der Waals surface area contributed by atoms with Crippen molar-refractivity contribution in [2.75, 3.05) is 26.2 Å². The van der Waals surface area contributed by atoms with Crippen molar-refractivity contribution in [2.45, 2.75) is 77.7 Å². The number of hydrogen-bond acceptors (Lipinski definition) is 2. The van der Waals surface area contributed by atoms with Gasteiger partial charge in [0.1, 0.15) is 0 Å². The first kappa shape index (κ1) is 16.3. The standard InChI is InChI=1S/C18H36N2/c1-3-13-20-14-10-18(11-15-20)16(2)19-12-6-9-17-7-4-5-8-17/h16-19H,3-15H2,1-2H3. The fourth-order valence-electron chi connectivity index (χ4n) is 4.18. The van der Waals surface area contributed by atoms with Crippen LogP contribution in [-0.4, -0.2) is 37.1 Å². The summed E-state index contributed by atoms with van der Waals surface area (Å²) in [7, 11) is 0. The summed E-state index contributed by atoms with van der Waals surface area (Å²) in [6.07, 6.45) is 13.0. The Balaban J connectivity index is 1.52. The number of nitrogens with zero attached hydrogens (tertiary/aromatic N) is 1. The molecule has 0 aromatic heterocycles. The Hall–Kier alpha value is -0.0800. The Morgan fingerprint density at radius 1 is 1.10 bits per heavy atom. The zero-order valence-electron chi connectivity index (χ0n) is 13.9. The third kappa shape index (κ3) is 5.37. The average Bonchev–Trinajstić information content (AvgIpc) is 2.98. The minimum Gasteiger partial charge on any atom is -0.314 e. The van der Waals surface area contributed by atoms with Crippen molar-refractivity contribution < 1.29 is 0 Å². The molecule has 0 aromatic rings. The van der Waals surface area contributed by atoms with Gasteiger partial charge in [-0.2, -0.15) is 0 Å². The van der Waals surface area contributed by atoms with E-state index in [9.17, 15) is 0 Å². The highest BCUT2D eigenvalue weighted by molar-refractivity contribution is 4.79. The molecule has 1 aliphatic heterocycles. The Labute approximate surface area is 126 Å². The van der Waals surface area contributed by atoms with Crippen LogP contribution in [0.4, 0.5) is 0 Å². The molecule has 1 unspecified atom stereocenters. The molecule has 2 heteroatoms. The molecule has 2 aliphatic rings. The predicted molar refractivity (Wildman–Crippen MR) is 88.1 cm³/mol. The molecule has 1 saturated heterocycles. The molecule has 0 aromatic carbocycles. The van der Waals surface area contributed by atoms with E-state index in [1.807, 2.05) is 0 Å². The van der Waals surface area contributed by atoms with Gasteiger partial charge >= 0.3 is 0 Å². The van der Waals surface area contributed by atoms with E-state index in [4.69, 9.17) is 0 Å². The Morgan fingerprint density at radius 3 is 2.45 bits per heavy atom. The molecule has 118 valence electrons. The van der Waals surface area contributed by atoms with Crippen molar-refractivity contribution >= 4 is 0 Å². The highest BCUT2D eigenvalue weighted by atomic mass is 15.1. The van der Waals surface area contributed by atoms with Crippen LogP contribution in [0.2, 0.25) is 0 Å². The maximum Gasteiger partial charge on any atom is 0.00679 e. The summed E-state index contributed by atoms with van der Waals surface area (Å²) >= 11 is 0. The quantitative estimate of drug-likeness (QED) is 0.675. The van der Waals surface area contributed by atoms with Crippen molar-refractivity contribution in [3.63, 3.8) is 0 Å². The molecule has 0 bridgehead atoms. The second-order valence-electron chi connectivity index (χ2n) is 7.21. The van der Waals surface area contributed by atoms with E-state index in [0.29, 0.717) is 0 Å². The van der Waals surface area contributed by atoms with Gasteiger partial charge in [0.05, 0.1) is 0 Å². The number of likely N-dealkylation sites (tertiary alicyclic amines) is 1. The molecule has 20 heavy (non-hydrogen) atoms. The second-order valence-corrected chi connectivity index (χ2v) is 7.21. The van der Waals surface area contributed by atoms with Crippen LogP contribution in [0.1, 0.15) is 71.6 Å². The van der Waals surface area contributed by atoms with Gasteiger partial charge in [-0.25, -0.2) is 0 Å². The molecular weight excluding hydrogens is 244 g/mol. The van der Waals surface area contributed by atoms with Gasteiger partial charge < -0.3 is 10.2 Å². The Bertz CT molecular complexity index is 240. The van der Waals surface area contributed by atoms with Gasteiger partial charge in [0.15, 0.2) is 0 Å². The number of rotatable bonds is 8. The lowest BCUT2D eigenvalue weighted by molar-refractivity contribution is 0.162. The Kier molecular flexibility index (Phi) is 7.37. The van der Waals surface area contributed by atoms with Gasteiger partial charge in [-0.1, -0.05) is 32.6 Å². The topological polar surface area (TPSA) is 15.3 Å². The van der Waals surface area contributed by atoms with E-state index in [0.717, 1.165) is 17.9 Å². The maximum atomic E-state index is 3.80. The van der Waals surface area contributed by atoms with Crippen molar-refractivity contribution in [1.29, 1.82) is 0 Å². The second kappa shape index (κ2) is 9.04. The smallest absolute Gasteiger partial charge is 0.00679 e. The van der Waals surface area contributed by atoms with Crippen LogP contribution < -0.4 is 5.32 Å². The van der Waals surface area contributed by atoms with Crippen molar-refractivity contribution in [3.05, 3.63) is 0 Å². The molecule has 1 saturated carbocycles. The largest absolute Gasteiger partial charge is 0.314 e. The molecule has 0 amide bonds. The van der Waals surface area contributed by atoms with Gasteiger partial charge in [0.2, 0.25) is 0 Å². The molecule has 0 radical (unpaired) electrons. The van der Waals surface area contributed by atoms with E-state index in [1.54, 1.807) is 0 Å². The molecule has 1 aliphatic carbocycles. The third-order valence-corrected chi connectivity index (χ3v) is 5.61. The van der Waals surface area contributed by atoms with Crippen molar-refractivity contribution in [3.8, 4) is 0 Å². The zero-order valence-corrected chi connectivity index (χ0v) is 13.9. The summed E-state index contributed by atoms with van der Waals surface area (Å²) in [5.74, 6) is 1.97. The normalized spacial score (nSPS) is 24.3. The first-order valence-electron chi connectivity index (χ1n) is 9.25. The summed E-state index contributed by atoms with van der Waals surface area (Å²) in [5, 5.41) is 3.80. The van der Waals surface area contributed by atoms with Crippen LogP contribution in [0.5, 0.6) is 0 Å². The first-order valence-corrected chi connectivity index (χ1v) is 9.25. The molecule has 1 heterocycles. The SMILES string of the molecule is CCCN1CCC(C(C)NCCCC2CCCC2)CC1. The summed E-state index contributed by atoms with van der Waals surface area (Å²) in [4.78, 5) is 2.64. The summed E-state index contributed by atoms with van der Waals surface area (Å²) in [6, 6.07) is 0.724. The molecular formula is C18H36N2. The number of hydrogen-bond donors (Lipinski definition) is 1. The highest BCUT2D eigenvalue weighted by Gasteiger charge is 2.23. The van der Waals surface area contributed by atoms with Crippen LogP contribution in [-0.2, 0) is 0 Å². The lowest BCUT2D eigenvalue weighted by Gasteiger charge is -2.35. The van der Waals surface area contributed by atoms with Gasteiger partial charge in [-0.3, -0.25) is 0 Å². The highest BCUT2D eigenvalue weighted by Crippen LogP contribution is 2.28. The Morgan fingerprint density at radius 2 is 1.80 bits per heavy atom. The summed E-state index contributed by atoms with van der Waals surface area (Å²) in [6.45, 7) is 9.90. The van der Waals surface area contributed by atoms with Gasteiger partial charge in [0.25, 0.3) is 0 Å². The lowest BCUT2D eigenvalue weighted by atomic mass is 9.90. The van der Waals surface area contributed by atoms with E-state index < -0.39 is 0 Å². The maximum absolute atomic E-state index is 3.80. The predicted octanol–water partition coefficient (Wildman–Crippen LogP) is 4.06. The van der Waals surface area contributed by atoms with Gasteiger partial charge in [-0.15, -0.1) is 0 Å². The summed E-state index contributed by atoms with van der Waals surface area (Å²) in [5.41, 5.74) is 0. The van der Waals surface area contributed by atoms with Crippen LogP contribution in [0.15, 0.2) is 0 Å². The monoisotopic (exact) mass is 280 g/mol. The molecule has 2 rings (SSSR count). The fourth-order valence-corrected chi connectivity index (χ4v) is 4.18. The van der Waals surface area contributed by atoms with Gasteiger partial charge in [-0.05, 0) is 77.0 Å². The number of nitrogens with one attached hydrogen (secondary N) is 1. The molecule has 0 spiro atoms. The van der Waals surface area contributed by atoms with E-state index >= 15 is 0 Å². The van der Waals surface area contributed by atoms with Crippen molar-refractivity contribution in [2.24, 2.45) is 11.8 Å². The number of piperidine rings is 1. The van der Waals surface area contributed by atoms with Crippen LogP contribution >= 0.6 is 0 Å². The fraction of sp³-hybridized carbons (Fsp3) is 1.00. The molecule has 1 N–H and O–H groups in total. The average molecular weight is 280 g/mol. The lowest BCUT2D eigenvalue weighted by Crippen LogP contribution is -2.42. The van der Waals surface area contributed by atoms with E-state index in [1.165, 1.54) is 84.0 Å². The minimum absolute atomic E-state index is 0.724. The van der Waals surface area contributed by atoms with Crippen LogP contribution in [0.3, 0.4) is 0 Å².